The summed E-state index contributed by atoms with van der Waals surface area (Å²) in [5.74, 6) is 0.513. The molecule has 0 unspecified atom stereocenters. The maximum atomic E-state index is 12.1. The fraction of sp³-hybridized carbons (Fsp3) is 0.562. The minimum Gasteiger partial charge on any atom is -0.460 e. The Morgan fingerprint density at radius 3 is 2.68 bits per heavy atom. The predicted octanol–water partition coefficient (Wildman–Crippen LogP) is 2.17. The molecule has 3 heteroatoms. The van der Waals surface area contributed by atoms with Crippen LogP contribution in [0.5, 0.6) is 0 Å². The molecule has 0 spiro atoms. The third-order valence-corrected chi connectivity index (χ3v) is 4.48. The predicted molar refractivity (Wildman–Crippen MR) is 73.9 cm³/mol. The van der Waals surface area contributed by atoms with Gasteiger partial charge in [0.2, 0.25) is 0 Å². The molecule has 3 saturated heterocycles. The summed E-state index contributed by atoms with van der Waals surface area (Å²) in [6.07, 6.45) is 2.89. The van der Waals surface area contributed by atoms with Gasteiger partial charge in [-0.3, -0.25) is 9.69 Å². The van der Waals surface area contributed by atoms with Gasteiger partial charge in [0.15, 0.2) is 0 Å². The summed E-state index contributed by atoms with van der Waals surface area (Å²) in [7, 11) is 0. The van der Waals surface area contributed by atoms with Gasteiger partial charge in [-0.15, -0.1) is 0 Å². The lowest BCUT2D eigenvalue weighted by Crippen LogP contribution is -2.52. The van der Waals surface area contributed by atoms with Gasteiger partial charge in [-0.1, -0.05) is 24.3 Å². The van der Waals surface area contributed by atoms with Crippen LogP contribution >= 0.6 is 0 Å². The molecule has 1 atom stereocenters. The molecule has 0 N–H and O–H groups in total. The van der Waals surface area contributed by atoms with Gasteiger partial charge in [0, 0.05) is 6.54 Å². The molecule has 1 aromatic carbocycles. The molecule has 0 radical (unpaired) electrons. The average Bonchev–Trinajstić information content (AvgIpc) is 2.43. The number of esters is 1. The number of carbonyl (C=O) groups is 1. The molecule has 4 rings (SSSR count). The van der Waals surface area contributed by atoms with E-state index in [1.807, 2.05) is 31.2 Å². The largest absolute Gasteiger partial charge is 0.460 e. The van der Waals surface area contributed by atoms with Crippen molar-refractivity contribution < 1.29 is 9.53 Å². The minimum absolute atomic E-state index is 0.0759. The van der Waals surface area contributed by atoms with Crippen LogP contribution in [0.4, 0.5) is 0 Å². The van der Waals surface area contributed by atoms with E-state index < -0.39 is 0 Å². The zero-order valence-electron chi connectivity index (χ0n) is 11.5. The van der Waals surface area contributed by atoms with E-state index in [1.54, 1.807) is 0 Å². The first-order valence-corrected chi connectivity index (χ1v) is 7.19. The van der Waals surface area contributed by atoms with Crippen LogP contribution in [0.2, 0.25) is 0 Å². The van der Waals surface area contributed by atoms with Gasteiger partial charge in [0.25, 0.3) is 0 Å². The van der Waals surface area contributed by atoms with Gasteiger partial charge in [-0.05, 0) is 49.9 Å². The van der Waals surface area contributed by atoms with E-state index in [4.69, 9.17) is 4.74 Å². The lowest BCUT2D eigenvalue weighted by molar-refractivity contribution is -0.157. The van der Waals surface area contributed by atoms with E-state index in [1.165, 1.54) is 25.9 Å². The van der Waals surface area contributed by atoms with Crippen LogP contribution < -0.4 is 0 Å². The maximum Gasteiger partial charge on any atom is 0.310 e. The molecule has 3 fully saturated rings. The summed E-state index contributed by atoms with van der Waals surface area (Å²) in [6.45, 7) is 5.33. The zero-order chi connectivity index (χ0) is 13.2. The SMILES string of the molecule is Cc1ccccc1CC(=O)O[C@H]1CN2CCC1CC2. The zero-order valence-corrected chi connectivity index (χ0v) is 11.5. The number of hydrogen-bond donors (Lipinski definition) is 0. The summed E-state index contributed by atoms with van der Waals surface area (Å²) >= 11 is 0. The van der Waals surface area contributed by atoms with Crippen LogP contribution in [0.1, 0.15) is 24.0 Å². The van der Waals surface area contributed by atoms with Crippen molar-refractivity contribution in [1.82, 2.24) is 4.90 Å². The smallest absolute Gasteiger partial charge is 0.310 e. The van der Waals surface area contributed by atoms with Crippen molar-refractivity contribution in [2.75, 3.05) is 19.6 Å². The molecule has 3 aliphatic heterocycles. The van der Waals surface area contributed by atoms with Crippen molar-refractivity contribution in [3.05, 3.63) is 35.4 Å². The number of carbonyl (C=O) groups excluding carboxylic acids is 1. The first-order chi connectivity index (χ1) is 9.22. The fourth-order valence-corrected chi connectivity index (χ4v) is 3.22. The van der Waals surface area contributed by atoms with Gasteiger partial charge in [-0.25, -0.2) is 0 Å². The van der Waals surface area contributed by atoms with Crippen LogP contribution in [0.15, 0.2) is 24.3 Å². The highest BCUT2D eigenvalue weighted by Gasteiger charge is 2.36. The summed E-state index contributed by atoms with van der Waals surface area (Å²) in [5, 5.41) is 0. The van der Waals surface area contributed by atoms with E-state index in [-0.39, 0.29) is 12.1 Å². The minimum atomic E-state index is -0.0759. The second-order valence-corrected chi connectivity index (χ2v) is 5.77. The van der Waals surface area contributed by atoms with Crippen molar-refractivity contribution in [2.24, 2.45) is 5.92 Å². The summed E-state index contributed by atoms with van der Waals surface area (Å²) in [4.78, 5) is 14.5. The first kappa shape index (κ1) is 12.7. The van der Waals surface area contributed by atoms with Crippen molar-refractivity contribution in [3.8, 4) is 0 Å². The second kappa shape index (κ2) is 5.33. The van der Waals surface area contributed by atoms with Crippen LogP contribution in [0.25, 0.3) is 0 Å². The number of piperidine rings is 3. The van der Waals surface area contributed by atoms with Crippen LogP contribution in [-0.2, 0) is 16.0 Å². The molecule has 1 aromatic rings. The Hall–Kier alpha value is -1.35. The molecule has 0 saturated carbocycles. The molecule has 102 valence electrons. The van der Waals surface area contributed by atoms with E-state index in [9.17, 15) is 4.79 Å². The molecule has 3 heterocycles. The Morgan fingerprint density at radius 2 is 2.05 bits per heavy atom. The van der Waals surface area contributed by atoms with Gasteiger partial charge in [0.1, 0.15) is 6.10 Å². The lowest BCUT2D eigenvalue weighted by Gasteiger charge is -2.43. The lowest BCUT2D eigenvalue weighted by atomic mass is 9.86. The Bertz CT molecular complexity index is 464. The molecule has 0 aromatic heterocycles. The molecule has 0 amide bonds. The summed E-state index contributed by atoms with van der Waals surface area (Å²) in [6, 6.07) is 8.02. The van der Waals surface area contributed by atoms with Crippen molar-refractivity contribution in [1.29, 1.82) is 0 Å². The standard InChI is InChI=1S/C16H21NO2/c1-12-4-2-3-5-14(12)10-16(18)19-15-11-17-8-6-13(15)7-9-17/h2-5,13,15H,6-11H2,1H3/t15-/m0/s1. The number of hydrogen-bond acceptors (Lipinski definition) is 3. The van der Waals surface area contributed by atoms with Gasteiger partial charge < -0.3 is 4.74 Å². The third kappa shape index (κ3) is 2.81. The van der Waals surface area contributed by atoms with E-state index in [2.05, 4.69) is 4.90 Å². The number of fused-ring (bicyclic) bond motifs is 3. The van der Waals surface area contributed by atoms with Crippen molar-refractivity contribution in [2.45, 2.75) is 32.3 Å². The summed E-state index contributed by atoms with van der Waals surface area (Å²) in [5.41, 5.74) is 2.24. The Balaban J connectivity index is 1.58. The molecular formula is C16H21NO2. The average molecular weight is 259 g/mol. The molecule has 19 heavy (non-hydrogen) atoms. The Morgan fingerprint density at radius 1 is 1.32 bits per heavy atom. The van der Waals surface area contributed by atoms with Gasteiger partial charge >= 0.3 is 5.97 Å². The number of ether oxygens (including phenoxy) is 1. The van der Waals surface area contributed by atoms with Crippen LogP contribution in [0, 0.1) is 12.8 Å². The second-order valence-electron chi connectivity index (χ2n) is 5.77. The Labute approximate surface area is 114 Å². The normalized spacial score (nSPS) is 29.2. The monoisotopic (exact) mass is 259 g/mol. The number of nitrogens with zero attached hydrogens (tertiary/aromatic N) is 1. The summed E-state index contributed by atoms with van der Waals surface area (Å²) < 4.78 is 5.70. The topological polar surface area (TPSA) is 29.5 Å². The quantitative estimate of drug-likeness (QED) is 0.779. The fourth-order valence-electron chi connectivity index (χ4n) is 3.22. The third-order valence-electron chi connectivity index (χ3n) is 4.48. The first-order valence-electron chi connectivity index (χ1n) is 7.19. The van der Waals surface area contributed by atoms with Crippen LogP contribution in [0.3, 0.4) is 0 Å². The highest BCUT2D eigenvalue weighted by molar-refractivity contribution is 5.73. The highest BCUT2D eigenvalue weighted by atomic mass is 16.5. The number of aryl methyl sites for hydroxylation is 1. The van der Waals surface area contributed by atoms with E-state index in [0.29, 0.717) is 12.3 Å². The van der Waals surface area contributed by atoms with Crippen molar-refractivity contribution in [3.63, 3.8) is 0 Å². The van der Waals surface area contributed by atoms with E-state index in [0.717, 1.165) is 17.7 Å². The molecule has 2 bridgehead atoms. The number of benzene rings is 1. The Kier molecular flexibility index (Phi) is 3.56. The highest BCUT2D eigenvalue weighted by Crippen LogP contribution is 2.29. The molecule has 0 aliphatic carbocycles. The number of rotatable bonds is 3. The van der Waals surface area contributed by atoms with Gasteiger partial charge in [0.05, 0.1) is 6.42 Å². The molecule has 3 aliphatic rings. The van der Waals surface area contributed by atoms with E-state index >= 15 is 0 Å². The molecular weight excluding hydrogens is 238 g/mol. The van der Waals surface area contributed by atoms with Crippen molar-refractivity contribution >= 4 is 5.97 Å². The van der Waals surface area contributed by atoms with Gasteiger partial charge in [-0.2, -0.15) is 0 Å². The molecule has 3 nitrogen and oxygen atoms in total. The van der Waals surface area contributed by atoms with Crippen LogP contribution in [-0.4, -0.2) is 36.6 Å². The maximum absolute atomic E-state index is 12.1.